The van der Waals surface area contributed by atoms with Gasteiger partial charge in [0.1, 0.15) is 0 Å². The molecule has 0 saturated carbocycles. The van der Waals surface area contributed by atoms with Gasteiger partial charge in [-0.3, -0.25) is 4.79 Å². The van der Waals surface area contributed by atoms with Crippen molar-refractivity contribution in [3.05, 3.63) is 58.1 Å². The minimum atomic E-state index is -0.226. The Morgan fingerprint density at radius 1 is 1.24 bits per heavy atom. The molecule has 0 unspecified atom stereocenters. The van der Waals surface area contributed by atoms with Gasteiger partial charge in [0, 0.05) is 20.8 Å². The van der Waals surface area contributed by atoms with E-state index in [1.165, 1.54) is 7.11 Å². The standard InChI is InChI=1S/C16H16BrNO2S/c1-20-16(19)8-11-4-2-3-5-12(11)10-21-15-7-6-13(17)9-14(15)18/h2-7,9H,8,10,18H2,1H3. The second-order valence-corrected chi connectivity index (χ2v) is 6.43. The first kappa shape index (κ1) is 15.9. The number of thioether (sulfide) groups is 1. The van der Waals surface area contributed by atoms with Crippen LogP contribution in [0, 0.1) is 0 Å². The van der Waals surface area contributed by atoms with Gasteiger partial charge in [-0.1, -0.05) is 40.2 Å². The van der Waals surface area contributed by atoms with Gasteiger partial charge in [0.05, 0.1) is 13.5 Å². The summed E-state index contributed by atoms with van der Waals surface area (Å²) in [6.07, 6.45) is 0.295. The fourth-order valence-corrected chi connectivity index (χ4v) is 3.27. The number of nitrogens with two attached hydrogens (primary N) is 1. The lowest BCUT2D eigenvalue weighted by Crippen LogP contribution is -2.06. The number of carbonyl (C=O) groups is 1. The summed E-state index contributed by atoms with van der Waals surface area (Å²) in [5.74, 6) is 0.537. The van der Waals surface area contributed by atoms with Crippen LogP contribution in [0.15, 0.2) is 51.8 Å². The summed E-state index contributed by atoms with van der Waals surface area (Å²) >= 11 is 5.06. The second-order valence-electron chi connectivity index (χ2n) is 4.49. The Kier molecular flexibility index (Phi) is 5.70. The molecule has 0 aromatic heterocycles. The highest BCUT2D eigenvalue weighted by molar-refractivity contribution is 9.10. The molecule has 3 nitrogen and oxygen atoms in total. The molecule has 0 aliphatic rings. The van der Waals surface area contributed by atoms with Crippen LogP contribution < -0.4 is 5.73 Å². The van der Waals surface area contributed by atoms with Gasteiger partial charge in [0.15, 0.2) is 0 Å². The lowest BCUT2D eigenvalue weighted by atomic mass is 10.1. The number of hydrogen-bond acceptors (Lipinski definition) is 4. The van der Waals surface area contributed by atoms with Crippen LogP contribution in [-0.2, 0) is 21.7 Å². The van der Waals surface area contributed by atoms with Crippen molar-refractivity contribution in [3.63, 3.8) is 0 Å². The molecule has 0 saturated heterocycles. The lowest BCUT2D eigenvalue weighted by molar-refractivity contribution is -0.139. The van der Waals surface area contributed by atoms with Crippen LogP contribution in [-0.4, -0.2) is 13.1 Å². The maximum absolute atomic E-state index is 11.4. The highest BCUT2D eigenvalue weighted by Crippen LogP contribution is 2.31. The molecule has 21 heavy (non-hydrogen) atoms. The van der Waals surface area contributed by atoms with Crippen molar-refractivity contribution in [2.75, 3.05) is 12.8 Å². The van der Waals surface area contributed by atoms with Gasteiger partial charge in [0.25, 0.3) is 0 Å². The summed E-state index contributed by atoms with van der Waals surface area (Å²) in [7, 11) is 1.40. The van der Waals surface area contributed by atoms with Gasteiger partial charge < -0.3 is 10.5 Å². The smallest absolute Gasteiger partial charge is 0.309 e. The maximum atomic E-state index is 11.4. The van der Waals surface area contributed by atoms with Crippen molar-refractivity contribution < 1.29 is 9.53 Å². The van der Waals surface area contributed by atoms with Crippen molar-refractivity contribution >= 4 is 39.3 Å². The fraction of sp³-hybridized carbons (Fsp3) is 0.188. The van der Waals surface area contributed by atoms with Crippen molar-refractivity contribution in [3.8, 4) is 0 Å². The SMILES string of the molecule is COC(=O)Cc1ccccc1CSc1ccc(Br)cc1N. The highest BCUT2D eigenvalue weighted by atomic mass is 79.9. The van der Waals surface area contributed by atoms with Crippen LogP contribution in [0.2, 0.25) is 0 Å². The lowest BCUT2D eigenvalue weighted by Gasteiger charge is -2.10. The molecule has 110 valence electrons. The van der Waals surface area contributed by atoms with E-state index in [0.717, 1.165) is 31.9 Å². The third kappa shape index (κ3) is 4.51. The molecule has 2 aromatic carbocycles. The Balaban J connectivity index is 2.11. The van der Waals surface area contributed by atoms with E-state index in [0.29, 0.717) is 6.42 Å². The van der Waals surface area contributed by atoms with E-state index < -0.39 is 0 Å². The monoisotopic (exact) mass is 365 g/mol. The number of esters is 1. The summed E-state index contributed by atoms with van der Waals surface area (Å²) in [5.41, 5.74) is 8.86. The molecule has 0 heterocycles. The predicted octanol–water partition coefficient (Wildman–Crippen LogP) is 4.04. The molecule has 0 atom stereocenters. The highest BCUT2D eigenvalue weighted by Gasteiger charge is 2.09. The molecule has 0 bridgehead atoms. The van der Waals surface area contributed by atoms with Gasteiger partial charge in [-0.05, 0) is 29.3 Å². The van der Waals surface area contributed by atoms with Gasteiger partial charge in [-0.2, -0.15) is 0 Å². The molecule has 5 heteroatoms. The molecular weight excluding hydrogens is 350 g/mol. The van der Waals surface area contributed by atoms with E-state index in [-0.39, 0.29) is 5.97 Å². The van der Waals surface area contributed by atoms with Crippen molar-refractivity contribution in [2.45, 2.75) is 17.1 Å². The topological polar surface area (TPSA) is 52.3 Å². The van der Waals surface area contributed by atoms with Crippen molar-refractivity contribution in [1.29, 1.82) is 0 Å². The van der Waals surface area contributed by atoms with E-state index in [1.807, 2.05) is 42.5 Å². The van der Waals surface area contributed by atoms with Gasteiger partial charge >= 0.3 is 5.97 Å². The van der Waals surface area contributed by atoms with Crippen LogP contribution in [0.5, 0.6) is 0 Å². The Morgan fingerprint density at radius 2 is 1.95 bits per heavy atom. The Labute approximate surface area is 137 Å². The molecule has 2 rings (SSSR count). The number of anilines is 1. The molecular formula is C16H16BrNO2S. The minimum Gasteiger partial charge on any atom is -0.469 e. The zero-order valence-electron chi connectivity index (χ0n) is 11.6. The first-order valence-corrected chi connectivity index (χ1v) is 8.19. The normalized spacial score (nSPS) is 10.4. The number of rotatable bonds is 5. The third-order valence-corrected chi connectivity index (χ3v) is 4.67. The number of ether oxygens (including phenoxy) is 1. The first-order valence-electron chi connectivity index (χ1n) is 6.41. The van der Waals surface area contributed by atoms with Crippen LogP contribution in [0.1, 0.15) is 11.1 Å². The van der Waals surface area contributed by atoms with Crippen LogP contribution >= 0.6 is 27.7 Å². The fourth-order valence-electron chi connectivity index (χ4n) is 1.90. The molecule has 0 radical (unpaired) electrons. The zero-order valence-corrected chi connectivity index (χ0v) is 14.0. The number of nitrogen functional groups attached to an aromatic ring is 1. The van der Waals surface area contributed by atoms with E-state index in [1.54, 1.807) is 11.8 Å². The van der Waals surface area contributed by atoms with Crippen LogP contribution in [0.4, 0.5) is 5.69 Å². The van der Waals surface area contributed by atoms with Crippen LogP contribution in [0.25, 0.3) is 0 Å². The van der Waals surface area contributed by atoms with Gasteiger partial charge in [-0.15, -0.1) is 11.8 Å². The molecule has 2 N–H and O–H groups in total. The summed E-state index contributed by atoms with van der Waals surface area (Å²) < 4.78 is 5.70. The quantitative estimate of drug-likeness (QED) is 0.493. The largest absolute Gasteiger partial charge is 0.469 e. The number of benzene rings is 2. The summed E-state index contributed by atoms with van der Waals surface area (Å²) in [4.78, 5) is 12.5. The summed E-state index contributed by atoms with van der Waals surface area (Å²) in [6, 6.07) is 13.7. The number of hydrogen-bond donors (Lipinski definition) is 1. The summed E-state index contributed by atoms with van der Waals surface area (Å²) in [6.45, 7) is 0. The number of halogens is 1. The molecule has 2 aromatic rings. The average Bonchev–Trinajstić information content (AvgIpc) is 2.47. The predicted molar refractivity (Wildman–Crippen MR) is 90.3 cm³/mol. The second kappa shape index (κ2) is 7.52. The maximum Gasteiger partial charge on any atom is 0.309 e. The van der Waals surface area contributed by atoms with E-state index in [4.69, 9.17) is 10.5 Å². The van der Waals surface area contributed by atoms with Crippen molar-refractivity contribution in [1.82, 2.24) is 0 Å². The van der Waals surface area contributed by atoms with E-state index in [9.17, 15) is 4.79 Å². The molecule has 0 aliphatic heterocycles. The van der Waals surface area contributed by atoms with E-state index in [2.05, 4.69) is 15.9 Å². The zero-order chi connectivity index (χ0) is 15.2. The number of methoxy groups -OCH3 is 1. The van der Waals surface area contributed by atoms with Gasteiger partial charge in [0.2, 0.25) is 0 Å². The van der Waals surface area contributed by atoms with Crippen LogP contribution in [0.3, 0.4) is 0 Å². The molecule has 0 aliphatic carbocycles. The average molecular weight is 366 g/mol. The molecule has 0 spiro atoms. The number of carbonyl (C=O) groups excluding carboxylic acids is 1. The molecule has 0 fully saturated rings. The molecule has 0 amide bonds. The minimum absolute atomic E-state index is 0.226. The van der Waals surface area contributed by atoms with E-state index >= 15 is 0 Å². The van der Waals surface area contributed by atoms with Crippen molar-refractivity contribution in [2.24, 2.45) is 0 Å². The Bertz CT molecular complexity index is 646. The Hall–Kier alpha value is -1.46. The first-order chi connectivity index (χ1) is 10.1. The summed E-state index contributed by atoms with van der Waals surface area (Å²) in [5, 5.41) is 0. The third-order valence-electron chi connectivity index (χ3n) is 3.04. The van der Waals surface area contributed by atoms with Gasteiger partial charge in [-0.25, -0.2) is 0 Å². The Morgan fingerprint density at radius 3 is 2.62 bits per heavy atom.